The number of ether oxygens (including phenoxy) is 1. The monoisotopic (exact) mass is 378 g/mol. The van der Waals surface area contributed by atoms with Crippen LogP contribution in [0.1, 0.15) is 37.5 Å². The van der Waals surface area contributed by atoms with Gasteiger partial charge in [-0.05, 0) is 28.2 Å². The van der Waals surface area contributed by atoms with Crippen LogP contribution in [0.2, 0.25) is 0 Å². The van der Waals surface area contributed by atoms with E-state index in [9.17, 15) is 4.79 Å². The molecule has 1 aromatic heterocycles. The fraction of sp³-hybridized carbons (Fsp3) is 0.318. The number of amides is 1. The number of hydrogen-bond acceptors (Lipinski definition) is 4. The molecule has 0 saturated carbocycles. The molecule has 1 heterocycles. The highest BCUT2D eigenvalue weighted by atomic mass is 16.5. The first kappa shape index (κ1) is 19.6. The molecule has 146 valence electrons. The maximum atomic E-state index is 12.2. The van der Waals surface area contributed by atoms with E-state index in [0.717, 1.165) is 22.4 Å². The molecule has 0 fully saturated rings. The van der Waals surface area contributed by atoms with Gasteiger partial charge >= 0.3 is 0 Å². The van der Waals surface area contributed by atoms with Crippen LogP contribution in [0.4, 0.5) is 0 Å². The molecule has 0 spiro atoms. The molecule has 0 aliphatic heterocycles. The van der Waals surface area contributed by atoms with E-state index >= 15 is 0 Å². The van der Waals surface area contributed by atoms with Crippen LogP contribution < -0.4 is 10.1 Å². The van der Waals surface area contributed by atoms with Gasteiger partial charge in [-0.15, -0.1) is 0 Å². The topological polar surface area (TPSA) is 69.0 Å². The molecule has 1 N–H and O–H groups in total. The Kier molecular flexibility index (Phi) is 6.09. The van der Waals surface area contributed by atoms with Gasteiger partial charge in [0.25, 0.3) is 5.91 Å². The van der Waals surface area contributed by atoms with Gasteiger partial charge in [-0.3, -0.25) is 4.79 Å². The normalized spacial score (nSPS) is 11.2. The fourth-order valence-corrected chi connectivity index (χ4v) is 2.87. The van der Waals surface area contributed by atoms with Gasteiger partial charge in [0.05, 0.1) is 6.54 Å². The van der Waals surface area contributed by atoms with Crippen LogP contribution in [0.3, 0.4) is 0 Å². The number of aromatic nitrogens is 3. The average Bonchev–Trinajstić information content (AvgIpc) is 3.18. The second-order valence-electron chi connectivity index (χ2n) is 7.72. The van der Waals surface area contributed by atoms with E-state index in [2.05, 4.69) is 36.2 Å². The van der Waals surface area contributed by atoms with Crippen LogP contribution >= 0.6 is 0 Å². The Morgan fingerprint density at radius 2 is 1.79 bits per heavy atom. The van der Waals surface area contributed by atoms with Crippen molar-refractivity contribution in [1.29, 1.82) is 0 Å². The molecule has 1 amide bonds. The molecule has 6 nitrogen and oxygen atoms in total. The molecule has 0 atom stereocenters. The van der Waals surface area contributed by atoms with Crippen molar-refractivity contribution in [2.45, 2.75) is 39.3 Å². The summed E-state index contributed by atoms with van der Waals surface area (Å²) in [4.78, 5) is 16.1. The first-order valence-corrected chi connectivity index (χ1v) is 9.31. The summed E-state index contributed by atoms with van der Waals surface area (Å²) in [7, 11) is 0. The predicted molar refractivity (Wildman–Crippen MR) is 108 cm³/mol. The lowest BCUT2D eigenvalue weighted by Gasteiger charge is -2.22. The Morgan fingerprint density at radius 1 is 1.07 bits per heavy atom. The van der Waals surface area contributed by atoms with Gasteiger partial charge in [-0.2, -0.15) is 5.10 Å². The van der Waals surface area contributed by atoms with E-state index in [4.69, 9.17) is 4.74 Å². The summed E-state index contributed by atoms with van der Waals surface area (Å²) >= 11 is 0. The van der Waals surface area contributed by atoms with Crippen molar-refractivity contribution in [1.82, 2.24) is 20.1 Å². The lowest BCUT2D eigenvalue weighted by molar-refractivity contribution is -0.123. The first-order valence-electron chi connectivity index (χ1n) is 9.31. The Hall–Kier alpha value is -3.15. The first-order chi connectivity index (χ1) is 13.4. The van der Waals surface area contributed by atoms with E-state index in [1.807, 2.05) is 48.5 Å². The highest BCUT2D eigenvalue weighted by Crippen LogP contribution is 2.30. The zero-order valence-corrected chi connectivity index (χ0v) is 16.6. The molecule has 0 radical (unpaired) electrons. The summed E-state index contributed by atoms with van der Waals surface area (Å²) < 4.78 is 7.53. The molecule has 0 aliphatic rings. The van der Waals surface area contributed by atoms with Crippen LogP contribution in [0.5, 0.6) is 5.75 Å². The summed E-state index contributed by atoms with van der Waals surface area (Å²) in [6.45, 7) is 7.52. The van der Waals surface area contributed by atoms with E-state index in [0.29, 0.717) is 13.1 Å². The predicted octanol–water partition coefficient (Wildman–Crippen LogP) is 3.32. The maximum Gasteiger partial charge on any atom is 0.258 e. The van der Waals surface area contributed by atoms with Gasteiger partial charge in [0, 0.05) is 6.54 Å². The summed E-state index contributed by atoms with van der Waals surface area (Å²) in [5.41, 5.74) is 3.21. The van der Waals surface area contributed by atoms with E-state index in [1.54, 1.807) is 11.0 Å². The minimum absolute atomic E-state index is 0.00250. The molecule has 0 bridgehead atoms. The van der Waals surface area contributed by atoms with Crippen molar-refractivity contribution >= 4 is 5.91 Å². The lowest BCUT2D eigenvalue weighted by atomic mass is 9.86. The van der Waals surface area contributed by atoms with Gasteiger partial charge in [0.15, 0.2) is 6.61 Å². The van der Waals surface area contributed by atoms with E-state index in [1.165, 1.54) is 6.33 Å². The number of benzene rings is 2. The highest BCUT2D eigenvalue weighted by Gasteiger charge is 2.18. The number of carbonyl (C=O) groups is 1. The average molecular weight is 378 g/mol. The summed E-state index contributed by atoms with van der Waals surface area (Å²) in [6.07, 6.45) is 3.21. The number of carbonyl (C=O) groups excluding carboxylic acids is 1. The number of nitrogens with one attached hydrogen (secondary N) is 1. The largest absolute Gasteiger partial charge is 0.483 e. The second-order valence-corrected chi connectivity index (χ2v) is 7.72. The molecule has 28 heavy (non-hydrogen) atoms. The molecular formula is C22H26N4O2. The van der Waals surface area contributed by atoms with Gasteiger partial charge < -0.3 is 10.1 Å². The molecule has 3 rings (SSSR count). The Morgan fingerprint density at radius 3 is 2.46 bits per heavy atom. The SMILES string of the molecule is CC(C)(C)c1ccccc1OCC(=O)NCc1ccc(Cn2cncn2)cc1. The number of hydrogen-bond donors (Lipinski definition) is 1. The zero-order chi connectivity index (χ0) is 20.0. The fourth-order valence-electron chi connectivity index (χ4n) is 2.87. The highest BCUT2D eigenvalue weighted by molar-refractivity contribution is 5.77. The summed E-state index contributed by atoms with van der Waals surface area (Å²) in [5, 5.41) is 7.00. The van der Waals surface area contributed by atoms with Crippen LogP contribution in [-0.4, -0.2) is 27.3 Å². The van der Waals surface area contributed by atoms with Crippen LogP contribution in [0, 0.1) is 0 Å². The maximum absolute atomic E-state index is 12.2. The van der Waals surface area contributed by atoms with Gasteiger partial charge in [0.1, 0.15) is 18.4 Å². The zero-order valence-electron chi connectivity index (χ0n) is 16.6. The molecular weight excluding hydrogens is 352 g/mol. The molecule has 2 aromatic carbocycles. The molecule has 0 aliphatic carbocycles. The van der Waals surface area contributed by atoms with Gasteiger partial charge in [-0.25, -0.2) is 9.67 Å². The Balaban J connectivity index is 1.48. The quantitative estimate of drug-likeness (QED) is 0.685. The van der Waals surface area contributed by atoms with E-state index < -0.39 is 0 Å². The third kappa shape index (κ3) is 5.42. The van der Waals surface area contributed by atoms with E-state index in [-0.39, 0.29) is 17.9 Å². The van der Waals surface area contributed by atoms with Crippen molar-refractivity contribution in [3.8, 4) is 5.75 Å². The molecule has 0 saturated heterocycles. The van der Waals surface area contributed by atoms with Crippen molar-refractivity contribution in [3.05, 3.63) is 77.9 Å². The van der Waals surface area contributed by atoms with Crippen molar-refractivity contribution in [2.75, 3.05) is 6.61 Å². The summed E-state index contributed by atoms with van der Waals surface area (Å²) in [6, 6.07) is 15.9. The van der Waals surface area contributed by atoms with Crippen LogP contribution in [0.15, 0.2) is 61.2 Å². The van der Waals surface area contributed by atoms with Gasteiger partial charge in [0.2, 0.25) is 0 Å². The number of nitrogens with zero attached hydrogens (tertiary/aromatic N) is 3. The molecule has 6 heteroatoms. The summed E-state index contributed by atoms with van der Waals surface area (Å²) in [5.74, 6) is 0.609. The van der Waals surface area contributed by atoms with Crippen molar-refractivity contribution < 1.29 is 9.53 Å². The lowest BCUT2D eigenvalue weighted by Crippen LogP contribution is -2.29. The smallest absolute Gasteiger partial charge is 0.258 e. The number of para-hydroxylation sites is 1. The van der Waals surface area contributed by atoms with Crippen molar-refractivity contribution in [3.63, 3.8) is 0 Å². The van der Waals surface area contributed by atoms with Crippen LogP contribution in [-0.2, 0) is 23.3 Å². The minimum atomic E-state index is -0.143. The van der Waals surface area contributed by atoms with Gasteiger partial charge in [-0.1, -0.05) is 63.2 Å². The third-order valence-electron chi connectivity index (χ3n) is 4.38. The Labute approximate surface area is 165 Å². The second kappa shape index (κ2) is 8.69. The molecule has 0 unspecified atom stereocenters. The minimum Gasteiger partial charge on any atom is -0.483 e. The molecule has 3 aromatic rings. The Bertz CT molecular complexity index is 897. The standard InChI is InChI=1S/C22H26N4O2/c1-22(2,3)19-6-4-5-7-20(19)28-14-21(27)24-12-17-8-10-18(11-9-17)13-26-16-23-15-25-26/h4-11,15-16H,12-14H2,1-3H3,(H,24,27). The third-order valence-corrected chi connectivity index (χ3v) is 4.38. The van der Waals surface area contributed by atoms with Crippen LogP contribution in [0.25, 0.3) is 0 Å². The van der Waals surface area contributed by atoms with Crippen molar-refractivity contribution in [2.24, 2.45) is 0 Å². The number of rotatable bonds is 7.